The number of nitrogens with two attached hydrogens (primary N) is 1. The van der Waals surface area contributed by atoms with Gasteiger partial charge in [-0.15, -0.1) is 5.10 Å². The summed E-state index contributed by atoms with van der Waals surface area (Å²) in [6.07, 6.45) is 7.89. The maximum atomic E-state index is 12.4. The van der Waals surface area contributed by atoms with Crippen LogP contribution in [-0.2, 0) is 74.7 Å². The van der Waals surface area contributed by atoms with Gasteiger partial charge in [0.1, 0.15) is 11.6 Å². The second-order valence-electron chi connectivity index (χ2n) is 14.8. The molecule has 0 saturated carbocycles. The Kier molecular flexibility index (Phi) is 33.9. The lowest BCUT2D eigenvalue weighted by Crippen LogP contribution is -2.36. The molecule has 21 heteroatoms. The Bertz CT molecular complexity index is 1290. The van der Waals surface area contributed by atoms with Crippen molar-refractivity contribution in [3.8, 4) is 0 Å². The van der Waals surface area contributed by atoms with Crippen molar-refractivity contribution in [3.63, 3.8) is 0 Å². The molecule has 1 aromatic heterocycles. The largest absolute Gasteiger partial charge is 0.379 e. The van der Waals surface area contributed by atoms with Crippen molar-refractivity contribution < 1.29 is 66.5 Å². The third-order valence-electron chi connectivity index (χ3n) is 9.72. The standard InChI is InChI=1S/C42H76N6O14S/c43-10-14-54-18-22-58-26-30-60-28-24-56-20-16-52-12-3-5-38(50)9-13-53-17-21-57-25-29-61-32-33-62-31-27-59-23-19-55-15-11-48-34-36(46-47-48)7-8-37(49)4-1-2-6-40-41-39(35-63-40)44-42(51)45-41/h34,39-41H,1-33,35,43H2,(H2,44,45,51)/t39-,40+,41-/m1/s1. The average Bonchev–Trinajstić information content (AvgIpc) is 4.01. The van der Waals surface area contributed by atoms with Crippen LogP contribution in [0, 0.1) is 0 Å². The maximum absolute atomic E-state index is 12.4. The van der Waals surface area contributed by atoms with E-state index in [1.807, 2.05) is 18.0 Å². The zero-order valence-electron chi connectivity index (χ0n) is 37.4. The van der Waals surface area contributed by atoms with Crippen LogP contribution < -0.4 is 16.4 Å². The molecule has 63 heavy (non-hydrogen) atoms. The number of ether oxygens (including phenoxy) is 11. The molecule has 3 heterocycles. The first-order valence-electron chi connectivity index (χ1n) is 22.7. The van der Waals surface area contributed by atoms with Gasteiger partial charge in [0, 0.05) is 56.0 Å². The Morgan fingerprint density at radius 3 is 1.62 bits per heavy atom. The Morgan fingerprint density at radius 2 is 1.06 bits per heavy atom. The number of Topliss-reactive ketones (excluding diaryl/α,β-unsaturated/α-hetero) is 2. The number of hydrogen-bond donors (Lipinski definition) is 3. The van der Waals surface area contributed by atoms with Crippen LogP contribution in [0.3, 0.4) is 0 Å². The average molecular weight is 921 g/mol. The number of hydrogen-bond acceptors (Lipinski definition) is 18. The Morgan fingerprint density at radius 1 is 0.587 bits per heavy atom. The van der Waals surface area contributed by atoms with E-state index in [9.17, 15) is 14.4 Å². The molecule has 1 aromatic rings. The Hall–Kier alpha value is -2.38. The molecule has 0 aromatic carbocycles. The lowest BCUT2D eigenvalue weighted by Gasteiger charge is -2.16. The third-order valence-corrected chi connectivity index (χ3v) is 11.2. The normalized spacial score (nSPS) is 17.0. The summed E-state index contributed by atoms with van der Waals surface area (Å²) in [6.45, 7) is 11.6. The first-order valence-corrected chi connectivity index (χ1v) is 23.8. The summed E-state index contributed by atoms with van der Waals surface area (Å²) in [5, 5.41) is 14.7. The second kappa shape index (κ2) is 38.8. The van der Waals surface area contributed by atoms with Crippen LogP contribution in [0.15, 0.2) is 6.20 Å². The zero-order chi connectivity index (χ0) is 44.7. The predicted molar refractivity (Wildman–Crippen MR) is 234 cm³/mol. The van der Waals surface area contributed by atoms with E-state index in [4.69, 9.17) is 57.8 Å². The van der Waals surface area contributed by atoms with Crippen molar-refractivity contribution >= 4 is 29.4 Å². The molecule has 0 aliphatic carbocycles. The first-order chi connectivity index (χ1) is 31.0. The van der Waals surface area contributed by atoms with Gasteiger partial charge >= 0.3 is 6.03 Å². The topological polar surface area (TPSA) is 234 Å². The van der Waals surface area contributed by atoms with E-state index in [2.05, 4.69) is 20.9 Å². The number of urea groups is 1. The van der Waals surface area contributed by atoms with E-state index in [-0.39, 0.29) is 29.7 Å². The minimum Gasteiger partial charge on any atom is -0.379 e. The number of nitrogens with zero attached hydrogens (tertiary/aromatic N) is 3. The van der Waals surface area contributed by atoms with Crippen molar-refractivity contribution in [3.05, 3.63) is 11.9 Å². The SMILES string of the molecule is NCCOCCOCCOCCOCCOCCCC(=O)CCOCCOCCOCCOCCOCCOCCn1cc(CCC(=O)CCCC[C@@H]2SC[C@H]3NC(=O)N[C@@H]23)nn1. The van der Waals surface area contributed by atoms with Crippen molar-refractivity contribution in [1.29, 1.82) is 0 Å². The van der Waals surface area contributed by atoms with Gasteiger partial charge in [-0.25, -0.2) is 9.48 Å². The number of aromatic nitrogens is 3. The van der Waals surface area contributed by atoms with Crippen molar-refractivity contribution in [2.24, 2.45) is 5.73 Å². The van der Waals surface area contributed by atoms with E-state index in [1.54, 1.807) is 4.68 Å². The summed E-state index contributed by atoms with van der Waals surface area (Å²) < 4.78 is 62.0. The number of carbonyl (C=O) groups excluding carboxylic acids is 3. The molecule has 20 nitrogen and oxygen atoms in total. The molecule has 0 unspecified atom stereocenters. The fourth-order valence-corrected chi connectivity index (χ4v) is 7.92. The second-order valence-corrected chi connectivity index (χ2v) is 16.1. The van der Waals surface area contributed by atoms with E-state index >= 15 is 0 Å². The van der Waals surface area contributed by atoms with Crippen LogP contribution in [0.25, 0.3) is 0 Å². The molecule has 0 spiro atoms. The molecular formula is C42H76N6O14S. The molecule has 0 radical (unpaired) electrons. The number of nitrogens with one attached hydrogen (secondary N) is 2. The number of rotatable bonds is 47. The Labute approximate surface area is 377 Å². The smallest absolute Gasteiger partial charge is 0.315 e. The molecule has 364 valence electrons. The summed E-state index contributed by atoms with van der Waals surface area (Å²) in [4.78, 5) is 36.0. The molecule has 2 fully saturated rings. The lowest BCUT2D eigenvalue weighted by atomic mass is 10.0. The molecule has 3 atom stereocenters. The van der Waals surface area contributed by atoms with Gasteiger partial charge in [-0.2, -0.15) is 11.8 Å². The molecule has 2 aliphatic rings. The zero-order valence-corrected chi connectivity index (χ0v) is 38.2. The summed E-state index contributed by atoms with van der Waals surface area (Å²) in [6, 6.07) is 0.399. The molecule has 2 saturated heterocycles. The highest BCUT2D eigenvalue weighted by Crippen LogP contribution is 2.33. The summed E-state index contributed by atoms with van der Waals surface area (Å²) in [5.74, 6) is 1.36. The number of thioether (sulfide) groups is 1. The van der Waals surface area contributed by atoms with Gasteiger partial charge in [0.25, 0.3) is 0 Å². The fraction of sp³-hybridized carbons (Fsp3) is 0.881. The summed E-state index contributed by atoms with van der Waals surface area (Å²) >= 11 is 1.91. The lowest BCUT2D eigenvalue weighted by molar-refractivity contribution is -0.121. The van der Waals surface area contributed by atoms with Crippen molar-refractivity contribution in [2.45, 2.75) is 81.7 Å². The van der Waals surface area contributed by atoms with Gasteiger partial charge in [-0.1, -0.05) is 11.6 Å². The first kappa shape index (κ1) is 55.0. The van der Waals surface area contributed by atoms with Crippen LogP contribution >= 0.6 is 11.8 Å². The van der Waals surface area contributed by atoms with E-state index in [0.717, 1.165) is 30.7 Å². The number of unbranched alkanes of at least 4 members (excludes halogenated alkanes) is 1. The van der Waals surface area contributed by atoms with Crippen LogP contribution in [0.1, 0.15) is 57.1 Å². The molecular weight excluding hydrogens is 845 g/mol. The number of aryl methyl sites for hydroxylation is 1. The van der Waals surface area contributed by atoms with E-state index in [0.29, 0.717) is 202 Å². The molecule has 3 rings (SSSR count). The number of carbonyl (C=O) groups is 3. The van der Waals surface area contributed by atoms with E-state index in [1.165, 1.54) is 0 Å². The van der Waals surface area contributed by atoms with Gasteiger partial charge in [0.15, 0.2) is 0 Å². The molecule has 2 aliphatic heterocycles. The fourth-order valence-electron chi connectivity index (χ4n) is 6.37. The third kappa shape index (κ3) is 29.7. The quantitative estimate of drug-likeness (QED) is 0.0619. The predicted octanol–water partition coefficient (Wildman–Crippen LogP) is 1.39. The minimum atomic E-state index is -0.0608. The van der Waals surface area contributed by atoms with Crippen LogP contribution in [-0.4, -0.2) is 208 Å². The Balaban J connectivity index is 0.941. The highest BCUT2D eigenvalue weighted by atomic mass is 32.2. The van der Waals surface area contributed by atoms with Crippen molar-refractivity contribution in [2.75, 3.05) is 158 Å². The summed E-state index contributed by atoms with van der Waals surface area (Å²) in [7, 11) is 0. The maximum Gasteiger partial charge on any atom is 0.315 e. The highest BCUT2D eigenvalue weighted by molar-refractivity contribution is 8.00. The van der Waals surface area contributed by atoms with Crippen LogP contribution in [0.4, 0.5) is 4.79 Å². The van der Waals surface area contributed by atoms with Gasteiger partial charge in [-0.3, -0.25) is 9.59 Å². The van der Waals surface area contributed by atoms with Gasteiger partial charge < -0.3 is 68.5 Å². The minimum absolute atomic E-state index is 0.0608. The van der Waals surface area contributed by atoms with Gasteiger partial charge in [0.05, 0.1) is 163 Å². The van der Waals surface area contributed by atoms with Gasteiger partial charge in [-0.05, 0) is 25.7 Å². The molecule has 2 amide bonds. The number of fused-ring (bicyclic) bond motifs is 1. The van der Waals surface area contributed by atoms with Crippen LogP contribution in [0.2, 0.25) is 0 Å². The molecule has 0 bridgehead atoms. The summed E-state index contributed by atoms with van der Waals surface area (Å²) in [5.41, 5.74) is 6.15. The van der Waals surface area contributed by atoms with Crippen molar-refractivity contribution in [1.82, 2.24) is 25.6 Å². The van der Waals surface area contributed by atoms with Crippen LogP contribution in [0.5, 0.6) is 0 Å². The van der Waals surface area contributed by atoms with E-state index < -0.39 is 0 Å². The van der Waals surface area contributed by atoms with Gasteiger partial charge in [0.2, 0.25) is 0 Å². The highest BCUT2D eigenvalue weighted by Gasteiger charge is 2.42. The monoisotopic (exact) mass is 921 g/mol. The number of ketones is 2. The molecule has 4 N–H and O–H groups in total. The number of amides is 2.